The molecule has 0 radical (unpaired) electrons. The van der Waals surface area contributed by atoms with Crippen LogP contribution in [0.2, 0.25) is 0 Å². The van der Waals surface area contributed by atoms with Gasteiger partial charge in [0.25, 0.3) is 0 Å². The Hall–Kier alpha value is -1.24. The van der Waals surface area contributed by atoms with Crippen LogP contribution >= 0.6 is 15.9 Å². The molecule has 3 nitrogen and oxygen atoms in total. The molecule has 0 N–H and O–H groups in total. The zero-order chi connectivity index (χ0) is 15.6. The van der Waals surface area contributed by atoms with E-state index in [0.717, 1.165) is 12.1 Å². The monoisotopic (exact) mass is 354 g/mol. The average molecular weight is 355 g/mol. The Balaban J connectivity index is 3.05. The van der Waals surface area contributed by atoms with E-state index < -0.39 is 29.2 Å². The first kappa shape index (κ1) is 16.8. The summed E-state index contributed by atoms with van der Waals surface area (Å²) in [4.78, 5) is 11.5. The van der Waals surface area contributed by atoms with Gasteiger partial charge in [-0.05, 0) is 38.5 Å². The van der Waals surface area contributed by atoms with Crippen LogP contribution < -0.4 is 4.74 Å². The van der Waals surface area contributed by atoms with Crippen LogP contribution in [0, 0.1) is 0 Å². The predicted molar refractivity (Wildman–Crippen MR) is 70.9 cm³/mol. The van der Waals surface area contributed by atoms with Crippen LogP contribution in [0.25, 0.3) is 0 Å². The van der Waals surface area contributed by atoms with E-state index >= 15 is 0 Å². The Morgan fingerprint density at radius 3 is 2.30 bits per heavy atom. The summed E-state index contributed by atoms with van der Waals surface area (Å²) in [6.07, 6.45) is -5.78. The lowest BCUT2D eigenvalue weighted by Crippen LogP contribution is -2.26. The normalized spacial score (nSPS) is 12.2. The minimum atomic E-state index is -4.61. The van der Waals surface area contributed by atoms with E-state index in [1.165, 1.54) is 6.07 Å². The van der Waals surface area contributed by atoms with Crippen molar-refractivity contribution in [2.45, 2.75) is 37.9 Å². The molecular weight excluding hydrogens is 341 g/mol. The summed E-state index contributed by atoms with van der Waals surface area (Å²) in [5.74, 6) is -0.566. The predicted octanol–water partition coefficient (Wildman–Crippen LogP) is 4.91. The van der Waals surface area contributed by atoms with Crippen LogP contribution in [0.15, 0.2) is 18.2 Å². The van der Waals surface area contributed by atoms with E-state index in [1.807, 2.05) is 0 Å². The third kappa shape index (κ3) is 5.03. The van der Waals surface area contributed by atoms with E-state index in [1.54, 1.807) is 20.8 Å². The van der Waals surface area contributed by atoms with Crippen molar-refractivity contribution in [3.05, 3.63) is 29.3 Å². The quantitative estimate of drug-likeness (QED) is 0.429. The summed E-state index contributed by atoms with van der Waals surface area (Å²) >= 11 is 3.13. The molecule has 0 bridgehead atoms. The second-order valence-electron chi connectivity index (χ2n) is 5.03. The molecule has 0 fully saturated rings. The molecule has 0 saturated heterocycles. The van der Waals surface area contributed by atoms with E-state index in [0.29, 0.717) is 10.9 Å². The van der Waals surface area contributed by atoms with Gasteiger partial charge >= 0.3 is 12.3 Å². The maximum Gasteiger partial charge on any atom is 0.514 e. The van der Waals surface area contributed by atoms with E-state index in [9.17, 15) is 18.0 Å². The Labute approximate surface area is 123 Å². The molecule has 1 aromatic rings. The lowest BCUT2D eigenvalue weighted by molar-refractivity contribution is -0.138. The van der Waals surface area contributed by atoms with Crippen molar-refractivity contribution in [2.75, 3.05) is 0 Å². The van der Waals surface area contributed by atoms with Crippen LogP contribution in [-0.4, -0.2) is 11.8 Å². The van der Waals surface area contributed by atoms with Crippen molar-refractivity contribution in [3.63, 3.8) is 0 Å². The highest BCUT2D eigenvalue weighted by Gasteiger charge is 2.35. The molecule has 0 unspecified atom stereocenters. The molecule has 20 heavy (non-hydrogen) atoms. The summed E-state index contributed by atoms with van der Waals surface area (Å²) in [5, 5.41) is 0.343. The first-order valence-electron chi connectivity index (χ1n) is 5.70. The van der Waals surface area contributed by atoms with Gasteiger partial charge in [-0.25, -0.2) is 4.79 Å². The molecule has 112 valence electrons. The molecular formula is C13H14BrF3O3. The van der Waals surface area contributed by atoms with Gasteiger partial charge in [-0.3, -0.25) is 0 Å². The zero-order valence-electron chi connectivity index (χ0n) is 11.2. The highest BCUT2D eigenvalue weighted by molar-refractivity contribution is 9.08. The van der Waals surface area contributed by atoms with Gasteiger partial charge in [0.15, 0.2) is 0 Å². The van der Waals surface area contributed by atoms with Gasteiger partial charge in [0.2, 0.25) is 0 Å². The second kappa shape index (κ2) is 6.03. The minimum absolute atomic E-state index is 0.343. The van der Waals surface area contributed by atoms with Crippen molar-refractivity contribution >= 4 is 22.1 Å². The lowest BCUT2D eigenvalue weighted by Gasteiger charge is -2.20. The van der Waals surface area contributed by atoms with Gasteiger partial charge in [-0.1, -0.05) is 22.0 Å². The first-order chi connectivity index (χ1) is 9.03. The largest absolute Gasteiger partial charge is 0.514 e. The number of ether oxygens (including phenoxy) is 2. The van der Waals surface area contributed by atoms with Gasteiger partial charge < -0.3 is 9.47 Å². The number of hydrogen-bond acceptors (Lipinski definition) is 3. The lowest BCUT2D eigenvalue weighted by atomic mass is 10.1. The molecule has 1 aromatic carbocycles. The van der Waals surface area contributed by atoms with Gasteiger partial charge in [0.1, 0.15) is 11.4 Å². The van der Waals surface area contributed by atoms with Crippen molar-refractivity contribution < 1.29 is 27.4 Å². The topological polar surface area (TPSA) is 35.5 Å². The average Bonchev–Trinajstić information content (AvgIpc) is 2.24. The van der Waals surface area contributed by atoms with Crippen LogP contribution in [0.5, 0.6) is 5.75 Å². The highest BCUT2D eigenvalue weighted by Crippen LogP contribution is 2.37. The Bertz CT molecular complexity index is 493. The number of rotatable bonds is 2. The fourth-order valence-electron chi connectivity index (χ4n) is 1.33. The number of benzene rings is 1. The Kier molecular flexibility index (Phi) is 5.07. The molecule has 0 saturated carbocycles. The fraction of sp³-hybridized carbons (Fsp3) is 0.462. The number of halogens is 4. The summed E-state index contributed by atoms with van der Waals surface area (Å²) < 4.78 is 48.0. The van der Waals surface area contributed by atoms with Gasteiger partial charge in [-0.2, -0.15) is 13.2 Å². The Morgan fingerprint density at radius 2 is 1.85 bits per heavy atom. The highest BCUT2D eigenvalue weighted by atomic mass is 79.9. The molecule has 0 heterocycles. The number of carbonyl (C=O) groups is 1. The third-order valence-electron chi connectivity index (χ3n) is 2.09. The number of hydrogen-bond donors (Lipinski definition) is 0. The van der Waals surface area contributed by atoms with E-state index in [-0.39, 0.29) is 0 Å². The third-order valence-corrected chi connectivity index (χ3v) is 2.74. The van der Waals surface area contributed by atoms with Crippen LogP contribution in [-0.2, 0) is 16.2 Å². The summed E-state index contributed by atoms with van der Waals surface area (Å²) in [6, 6.07) is 3.33. The SMILES string of the molecule is CC(C)(C)OC(=O)Oc1cc(CBr)ccc1C(F)(F)F. The zero-order valence-corrected chi connectivity index (χ0v) is 12.8. The molecule has 0 aliphatic carbocycles. The van der Waals surface area contributed by atoms with Crippen LogP contribution in [0.3, 0.4) is 0 Å². The molecule has 0 amide bonds. The molecule has 0 aromatic heterocycles. The maximum atomic E-state index is 12.8. The summed E-state index contributed by atoms with van der Waals surface area (Å²) in [7, 11) is 0. The summed E-state index contributed by atoms with van der Waals surface area (Å²) in [5.41, 5.74) is -1.31. The van der Waals surface area contributed by atoms with Crippen molar-refractivity contribution in [1.82, 2.24) is 0 Å². The van der Waals surface area contributed by atoms with Crippen LogP contribution in [0.1, 0.15) is 31.9 Å². The molecule has 0 aliphatic heterocycles. The van der Waals surface area contributed by atoms with E-state index in [2.05, 4.69) is 20.7 Å². The fourth-order valence-corrected chi connectivity index (χ4v) is 1.68. The first-order valence-corrected chi connectivity index (χ1v) is 6.82. The smallest absolute Gasteiger partial charge is 0.428 e. The van der Waals surface area contributed by atoms with E-state index in [4.69, 9.17) is 4.74 Å². The number of carbonyl (C=O) groups excluding carboxylic acids is 1. The standard InChI is InChI=1S/C13H14BrF3O3/c1-12(2,3)20-11(18)19-10-6-8(7-14)4-5-9(10)13(15,16)17/h4-6H,7H2,1-3H3. The molecule has 7 heteroatoms. The summed E-state index contributed by atoms with van der Waals surface area (Å²) in [6.45, 7) is 4.77. The second-order valence-corrected chi connectivity index (χ2v) is 5.59. The van der Waals surface area contributed by atoms with Gasteiger partial charge in [0.05, 0.1) is 5.56 Å². The maximum absolute atomic E-state index is 12.8. The minimum Gasteiger partial charge on any atom is -0.428 e. The van der Waals surface area contributed by atoms with Crippen molar-refractivity contribution in [2.24, 2.45) is 0 Å². The van der Waals surface area contributed by atoms with Gasteiger partial charge in [-0.15, -0.1) is 0 Å². The molecule has 0 atom stereocenters. The van der Waals surface area contributed by atoms with Crippen molar-refractivity contribution in [3.8, 4) is 5.75 Å². The van der Waals surface area contributed by atoms with Crippen molar-refractivity contribution in [1.29, 1.82) is 0 Å². The number of alkyl halides is 4. The van der Waals surface area contributed by atoms with Gasteiger partial charge in [0, 0.05) is 5.33 Å². The Morgan fingerprint density at radius 1 is 1.25 bits per heavy atom. The molecule has 0 spiro atoms. The molecule has 0 aliphatic rings. The van der Waals surface area contributed by atoms with Crippen LogP contribution in [0.4, 0.5) is 18.0 Å². The molecule has 1 rings (SSSR count).